The molecule has 14 heteroatoms. The van der Waals surface area contributed by atoms with Crippen molar-refractivity contribution in [3.8, 4) is 0 Å². The highest BCUT2D eigenvalue weighted by Gasteiger charge is 2.85. The van der Waals surface area contributed by atoms with Crippen LogP contribution in [0.2, 0.25) is 0 Å². The van der Waals surface area contributed by atoms with E-state index in [2.05, 4.69) is 11.6 Å². The van der Waals surface area contributed by atoms with Gasteiger partial charge in [0.05, 0.1) is 11.5 Å². The van der Waals surface area contributed by atoms with Gasteiger partial charge in [0.25, 0.3) is 0 Å². The minimum absolute atomic E-state index is 0.0542. The van der Waals surface area contributed by atoms with Crippen LogP contribution in [0.25, 0.3) is 0 Å². The van der Waals surface area contributed by atoms with Crippen LogP contribution < -0.4 is 0 Å². The van der Waals surface area contributed by atoms with Crippen molar-refractivity contribution in [2.24, 2.45) is 29.1 Å². The molecule has 2 bridgehead atoms. The van der Waals surface area contributed by atoms with Gasteiger partial charge in [0.1, 0.15) is 29.3 Å². The number of fused-ring (bicyclic) bond motifs is 1. The Balaban J connectivity index is 1.96. The first-order valence-corrected chi connectivity index (χ1v) is 16.4. The van der Waals surface area contributed by atoms with Crippen molar-refractivity contribution in [2.75, 3.05) is 0 Å². The first-order chi connectivity index (χ1) is 23.4. The second-order valence-electron chi connectivity index (χ2n) is 13.9. The van der Waals surface area contributed by atoms with Gasteiger partial charge in [-0.3, -0.25) is 29.0 Å². The van der Waals surface area contributed by atoms with E-state index in [0.29, 0.717) is 5.57 Å². The lowest BCUT2D eigenvalue weighted by Crippen LogP contribution is -2.66. The Morgan fingerprint density at radius 3 is 2.04 bits per heavy atom. The number of hydrogen-bond donors (Lipinski definition) is 0. The third kappa shape index (κ3) is 5.86. The van der Waals surface area contributed by atoms with E-state index in [4.69, 9.17) is 33.2 Å². The van der Waals surface area contributed by atoms with Crippen molar-refractivity contribution in [3.63, 3.8) is 0 Å². The van der Waals surface area contributed by atoms with Gasteiger partial charge in [-0.15, -0.1) is 0 Å². The van der Waals surface area contributed by atoms with Crippen LogP contribution in [-0.2, 0) is 57.1 Å². The molecule has 1 unspecified atom stereocenters. The van der Waals surface area contributed by atoms with E-state index in [1.165, 1.54) is 39.2 Å². The van der Waals surface area contributed by atoms with Crippen molar-refractivity contribution >= 4 is 35.8 Å². The highest BCUT2D eigenvalue weighted by molar-refractivity contribution is 5.89. The number of ether oxygens (including phenoxy) is 7. The SMILES string of the molecule is C=C(C)[C@H]1C=C[C@@H](OC(C)=O)[C@@]23C(OC(C)=O)O[C@@](C)([C@H](OC(=O)c4cccnc4)[C@@]4(OC(C)=O)C[C@H](C)[C@H](OC(C)=O)[C@@H]4[C@H]2OC(C)=O)[C@H]13. The second kappa shape index (κ2) is 13.3. The van der Waals surface area contributed by atoms with Gasteiger partial charge < -0.3 is 33.2 Å². The van der Waals surface area contributed by atoms with Crippen LogP contribution in [0.4, 0.5) is 0 Å². The first kappa shape index (κ1) is 36.7. The molecule has 12 atom stereocenters. The Morgan fingerprint density at radius 1 is 0.860 bits per heavy atom. The summed E-state index contributed by atoms with van der Waals surface area (Å²) in [5, 5.41) is 0. The molecule has 0 spiro atoms. The number of pyridine rings is 1. The smallest absolute Gasteiger partial charge is 0.340 e. The number of esters is 6. The molecule has 1 aliphatic heterocycles. The van der Waals surface area contributed by atoms with Crippen LogP contribution in [0.3, 0.4) is 0 Å². The molecule has 0 aromatic carbocycles. The number of nitrogens with zero attached hydrogens (tertiary/aromatic N) is 1. The number of carbonyl (C=O) groups excluding carboxylic acids is 6. The lowest BCUT2D eigenvalue weighted by molar-refractivity contribution is -0.286. The molecular weight excluding hydrogens is 654 g/mol. The lowest BCUT2D eigenvalue weighted by Gasteiger charge is -2.52. The van der Waals surface area contributed by atoms with Crippen LogP contribution in [-0.4, -0.2) is 82.7 Å². The molecule has 50 heavy (non-hydrogen) atoms. The van der Waals surface area contributed by atoms with Gasteiger partial charge in [0.15, 0.2) is 11.7 Å². The molecule has 1 aromatic rings. The summed E-state index contributed by atoms with van der Waals surface area (Å²) >= 11 is 0. The van der Waals surface area contributed by atoms with Gasteiger partial charge >= 0.3 is 35.8 Å². The number of allylic oxidation sites excluding steroid dienone is 2. The topological polar surface area (TPSA) is 180 Å². The molecule has 0 amide bonds. The molecular formula is C36H43NO13. The largest absolute Gasteiger partial charge is 0.462 e. The van der Waals surface area contributed by atoms with E-state index >= 15 is 0 Å². The van der Waals surface area contributed by atoms with E-state index in [1.807, 2.05) is 0 Å². The number of hydrogen-bond acceptors (Lipinski definition) is 14. The molecule has 2 saturated carbocycles. The fourth-order valence-electron chi connectivity index (χ4n) is 9.21. The summed E-state index contributed by atoms with van der Waals surface area (Å²) < 4.78 is 43.7. The summed E-state index contributed by atoms with van der Waals surface area (Å²) in [6.45, 7) is 15.3. The summed E-state index contributed by atoms with van der Waals surface area (Å²) in [5.41, 5.74) is -4.83. The van der Waals surface area contributed by atoms with E-state index in [1.54, 1.807) is 39.0 Å². The number of aromatic nitrogens is 1. The zero-order chi connectivity index (χ0) is 36.9. The van der Waals surface area contributed by atoms with Gasteiger partial charge in [-0.1, -0.05) is 25.2 Å². The molecule has 1 aromatic heterocycles. The quantitative estimate of drug-likeness (QED) is 0.219. The minimum atomic E-state index is -1.90. The van der Waals surface area contributed by atoms with E-state index in [0.717, 1.165) is 13.8 Å². The normalized spacial score (nSPS) is 38.0. The van der Waals surface area contributed by atoms with Crippen molar-refractivity contribution in [3.05, 3.63) is 54.4 Å². The lowest BCUT2D eigenvalue weighted by atomic mass is 9.54. The Kier molecular flexibility index (Phi) is 9.74. The number of carbonyl (C=O) groups is 6. The van der Waals surface area contributed by atoms with Crippen molar-refractivity contribution in [1.29, 1.82) is 0 Å². The highest BCUT2D eigenvalue weighted by Crippen LogP contribution is 2.70. The average Bonchev–Trinajstić information content (AvgIpc) is 3.40. The zero-order valence-electron chi connectivity index (χ0n) is 29.3. The van der Waals surface area contributed by atoms with Crippen molar-refractivity contribution < 1.29 is 61.9 Å². The maximum absolute atomic E-state index is 14.1. The second-order valence-corrected chi connectivity index (χ2v) is 13.9. The van der Waals surface area contributed by atoms with Crippen LogP contribution in [0.15, 0.2) is 48.8 Å². The zero-order valence-corrected chi connectivity index (χ0v) is 29.3. The Hall–Kier alpha value is -4.59. The predicted octanol–water partition coefficient (Wildman–Crippen LogP) is 3.42. The van der Waals surface area contributed by atoms with E-state index in [9.17, 15) is 28.8 Å². The third-order valence-electron chi connectivity index (χ3n) is 10.4. The standard InChI is InChI=1S/C36H43NO13/c1-17(2)25-12-13-26(44-19(4)38)36-29(25)34(9,50-33(36)47-22(7)41)32(48-31(43)24-11-10-14-37-16-24)35(49-23(8)42)15-18(3)28(45-20(5)39)27(35)30(36)46-21(6)40/h10-14,16,18,25-30,32-33H,1,15H2,2-9H3/t18-,25+,26+,27+,28-,29-,30+,32-,33?,34+,35+,36-/m0/s1. The molecule has 3 fully saturated rings. The van der Waals surface area contributed by atoms with Gasteiger partial charge in [-0.05, 0) is 44.4 Å². The van der Waals surface area contributed by atoms with E-state index in [-0.39, 0.29) is 12.0 Å². The summed E-state index contributed by atoms with van der Waals surface area (Å²) in [6, 6.07) is 3.03. The molecule has 5 rings (SSSR count). The molecule has 0 radical (unpaired) electrons. The summed E-state index contributed by atoms with van der Waals surface area (Å²) in [4.78, 5) is 83.1. The molecule has 14 nitrogen and oxygen atoms in total. The summed E-state index contributed by atoms with van der Waals surface area (Å²) in [5.74, 6) is -8.17. The molecule has 1 saturated heterocycles. The maximum Gasteiger partial charge on any atom is 0.340 e. The number of rotatable bonds is 8. The Bertz CT molecular complexity index is 1620. The Morgan fingerprint density at radius 2 is 1.50 bits per heavy atom. The van der Waals surface area contributed by atoms with Crippen molar-refractivity contribution in [2.45, 2.75) is 104 Å². The van der Waals surface area contributed by atoms with Gasteiger partial charge in [-0.2, -0.15) is 0 Å². The highest BCUT2D eigenvalue weighted by atomic mass is 16.7. The fraction of sp³-hybridized carbons (Fsp3) is 0.583. The third-order valence-corrected chi connectivity index (χ3v) is 10.4. The molecule has 2 heterocycles. The summed E-state index contributed by atoms with van der Waals surface area (Å²) in [7, 11) is 0. The summed E-state index contributed by atoms with van der Waals surface area (Å²) in [6.07, 6.45) is -1.03. The minimum Gasteiger partial charge on any atom is -0.462 e. The van der Waals surface area contributed by atoms with Crippen LogP contribution >= 0.6 is 0 Å². The van der Waals surface area contributed by atoms with Crippen molar-refractivity contribution in [1.82, 2.24) is 4.98 Å². The molecule has 0 N–H and O–H groups in total. The fourth-order valence-corrected chi connectivity index (χ4v) is 9.21. The van der Waals surface area contributed by atoms with Crippen LogP contribution in [0.5, 0.6) is 0 Å². The maximum atomic E-state index is 14.1. The molecule has 3 aliphatic carbocycles. The predicted molar refractivity (Wildman–Crippen MR) is 170 cm³/mol. The Labute approximate surface area is 289 Å². The van der Waals surface area contributed by atoms with Gasteiger partial charge in [-0.25, -0.2) is 4.79 Å². The monoisotopic (exact) mass is 697 g/mol. The van der Waals surface area contributed by atoms with Gasteiger partial charge in [0, 0.05) is 58.8 Å². The van der Waals surface area contributed by atoms with E-state index < -0.39 is 107 Å². The average molecular weight is 698 g/mol. The molecule has 4 aliphatic rings. The first-order valence-electron chi connectivity index (χ1n) is 16.4. The van der Waals surface area contributed by atoms with Gasteiger partial charge in [0.2, 0.25) is 6.29 Å². The van der Waals surface area contributed by atoms with Crippen LogP contribution in [0.1, 0.15) is 72.2 Å². The van der Waals surface area contributed by atoms with Crippen LogP contribution in [0, 0.1) is 29.1 Å². The molecule has 270 valence electrons.